The van der Waals surface area contributed by atoms with E-state index in [-0.39, 0.29) is 11.7 Å². The molecule has 0 spiro atoms. The quantitative estimate of drug-likeness (QED) is 0.358. The Morgan fingerprint density at radius 2 is 1.57 bits per heavy atom. The first-order valence-electron chi connectivity index (χ1n) is 8.93. The van der Waals surface area contributed by atoms with Crippen LogP contribution in [-0.4, -0.2) is 26.0 Å². The average Bonchev–Trinajstić information content (AvgIpc) is 3.13. The Hall–Kier alpha value is -3.38. The molecule has 136 valence electrons. The third kappa shape index (κ3) is 2.97. The van der Waals surface area contributed by atoms with Crippen LogP contribution in [0.25, 0.3) is 27.6 Å². The molecule has 0 aliphatic rings. The molecule has 0 aliphatic carbocycles. The molecule has 3 aromatic carbocycles. The molecule has 2 aromatic heterocycles. The Morgan fingerprint density at radius 1 is 0.857 bits per heavy atom. The molecular weight excluding hydrogens is 368 g/mol. The van der Waals surface area contributed by atoms with Crippen LogP contribution in [0.15, 0.2) is 84.0 Å². The first-order valence-corrected chi connectivity index (χ1v) is 9.92. The lowest BCUT2D eigenvalue weighted by Gasteiger charge is -2.09. The number of aromatic nitrogens is 3. The maximum atomic E-state index is 12.4. The Morgan fingerprint density at radius 3 is 2.43 bits per heavy atom. The summed E-state index contributed by atoms with van der Waals surface area (Å²) in [6, 6.07) is 25.4. The zero-order valence-electron chi connectivity index (χ0n) is 14.9. The highest BCUT2D eigenvalue weighted by molar-refractivity contribution is 7.99. The number of amides is 1. The number of benzene rings is 3. The molecule has 0 saturated heterocycles. The number of nitrogens with zero attached hydrogens (tertiary/aromatic N) is 3. The van der Waals surface area contributed by atoms with E-state index in [0.29, 0.717) is 0 Å². The standard InChI is InChI=1S/C22H16N4OS/c27-20(23-15-8-2-1-3-9-15)14-28-22-25-17-11-5-4-10-16(17)21-24-18-12-6-7-13-19(18)26(21)22/h1-13H,14H2,(H,23,27). The summed E-state index contributed by atoms with van der Waals surface area (Å²) in [5, 5.41) is 4.67. The SMILES string of the molecule is O=C(CSc1nc2ccccc2c2nc3ccccc3n12)Nc1ccccc1. The van der Waals surface area contributed by atoms with Crippen molar-refractivity contribution in [2.24, 2.45) is 0 Å². The van der Waals surface area contributed by atoms with Crippen molar-refractivity contribution in [2.75, 3.05) is 11.1 Å². The van der Waals surface area contributed by atoms with Crippen molar-refractivity contribution in [2.45, 2.75) is 5.16 Å². The highest BCUT2D eigenvalue weighted by atomic mass is 32.2. The number of imidazole rings is 1. The van der Waals surface area contributed by atoms with Gasteiger partial charge in [0.1, 0.15) is 5.65 Å². The molecule has 0 fully saturated rings. The minimum Gasteiger partial charge on any atom is -0.325 e. The van der Waals surface area contributed by atoms with Gasteiger partial charge in [0.25, 0.3) is 0 Å². The molecule has 1 amide bonds. The van der Waals surface area contributed by atoms with Gasteiger partial charge in [-0.1, -0.05) is 54.2 Å². The third-order valence-electron chi connectivity index (χ3n) is 4.50. The number of nitrogens with one attached hydrogen (secondary N) is 1. The van der Waals surface area contributed by atoms with E-state index in [2.05, 4.69) is 5.32 Å². The number of rotatable bonds is 4. The summed E-state index contributed by atoms with van der Waals surface area (Å²) in [6.45, 7) is 0. The Labute approximate surface area is 165 Å². The van der Waals surface area contributed by atoms with Gasteiger partial charge in [-0.05, 0) is 36.4 Å². The smallest absolute Gasteiger partial charge is 0.234 e. The van der Waals surface area contributed by atoms with Crippen LogP contribution in [0.3, 0.4) is 0 Å². The largest absolute Gasteiger partial charge is 0.325 e. The summed E-state index contributed by atoms with van der Waals surface area (Å²) in [4.78, 5) is 22.0. The summed E-state index contributed by atoms with van der Waals surface area (Å²) in [7, 11) is 0. The van der Waals surface area contributed by atoms with Crippen LogP contribution in [0.2, 0.25) is 0 Å². The Balaban J connectivity index is 1.55. The van der Waals surface area contributed by atoms with E-state index < -0.39 is 0 Å². The number of hydrogen-bond acceptors (Lipinski definition) is 4. The highest BCUT2D eigenvalue weighted by Gasteiger charge is 2.15. The first-order chi connectivity index (χ1) is 13.8. The van der Waals surface area contributed by atoms with E-state index in [1.165, 1.54) is 11.8 Å². The average molecular weight is 384 g/mol. The van der Waals surface area contributed by atoms with Crippen LogP contribution in [0, 0.1) is 0 Å². The van der Waals surface area contributed by atoms with Crippen molar-refractivity contribution in [3.05, 3.63) is 78.9 Å². The van der Waals surface area contributed by atoms with Crippen molar-refractivity contribution in [3.63, 3.8) is 0 Å². The van der Waals surface area contributed by atoms with E-state index in [9.17, 15) is 4.79 Å². The van der Waals surface area contributed by atoms with Crippen LogP contribution in [-0.2, 0) is 4.79 Å². The summed E-state index contributed by atoms with van der Waals surface area (Å²) in [6.07, 6.45) is 0. The molecule has 0 atom stereocenters. The van der Waals surface area contributed by atoms with Gasteiger partial charge < -0.3 is 5.32 Å². The molecule has 0 radical (unpaired) electrons. The highest BCUT2D eigenvalue weighted by Crippen LogP contribution is 2.28. The van der Waals surface area contributed by atoms with Crippen LogP contribution >= 0.6 is 11.8 Å². The monoisotopic (exact) mass is 384 g/mol. The molecule has 0 saturated carbocycles. The topological polar surface area (TPSA) is 59.3 Å². The van der Waals surface area contributed by atoms with Gasteiger partial charge in [-0.2, -0.15) is 0 Å². The molecule has 5 aromatic rings. The zero-order chi connectivity index (χ0) is 18.9. The van der Waals surface area contributed by atoms with Crippen molar-refractivity contribution in [1.29, 1.82) is 0 Å². The second-order valence-corrected chi connectivity index (χ2v) is 7.32. The summed E-state index contributed by atoms with van der Waals surface area (Å²) in [5.74, 6) is 0.200. The number of fused-ring (bicyclic) bond motifs is 5. The van der Waals surface area contributed by atoms with Crippen molar-refractivity contribution in [3.8, 4) is 0 Å². The summed E-state index contributed by atoms with van der Waals surface area (Å²) >= 11 is 1.41. The van der Waals surface area contributed by atoms with Crippen molar-refractivity contribution < 1.29 is 4.79 Å². The lowest BCUT2D eigenvalue weighted by atomic mass is 10.2. The van der Waals surface area contributed by atoms with Gasteiger partial charge >= 0.3 is 0 Å². The molecule has 28 heavy (non-hydrogen) atoms. The van der Waals surface area contributed by atoms with Gasteiger partial charge in [-0.25, -0.2) is 9.97 Å². The second-order valence-electron chi connectivity index (χ2n) is 6.37. The number of para-hydroxylation sites is 4. The third-order valence-corrected chi connectivity index (χ3v) is 5.44. The zero-order valence-corrected chi connectivity index (χ0v) is 15.7. The molecular formula is C22H16N4OS. The van der Waals surface area contributed by atoms with Crippen LogP contribution in [0.1, 0.15) is 0 Å². The minimum absolute atomic E-state index is 0.0660. The van der Waals surface area contributed by atoms with Crippen LogP contribution in [0.5, 0.6) is 0 Å². The number of anilines is 1. The van der Waals surface area contributed by atoms with E-state index >= 15 is 0 Å². The number of hydrogen-bond donors (Lipinski definition) is 1. The lowest BCUT2D eigenvalue weighted by molar-refractivity contribution is -0.113. The van der Waals surface area contributed by atoms with E-state index in [1.807, 2.05) is 83.3 Å². The van der Waals surface area contributed by atoms with Crippen LogP contribution in [0.4, 0.5) is 5.69 Å². The molecule has 6 heteroatoms. The number of thioether (sulfide) groups is 1. The fourth-order valence-corrected chi connectivity index (χ4v) is 4.07. The minimum atomic E-state index is -0.0660. The van der Waals surface area contributed by atoms with Gasteiger partial charge in [0.15, 0.2) is 5.16 Å². The normalized spacial score (nSPS) is 11.3. The molecule has 0 unspecified atom stereocenters. The fourth-order valence-electron chi connectivity index (χ4n) is 3.26. The van der Waals surface area contributed by atoms with Gasteiger partial charge in [-0.15, -0.1) is 0 Å². The summed E-state index contributed by atoms with van der Waals surface area (Å²) < 4.78 is 2.04. The number of carbonyl (C=O) groups excluding carboxylic acids is 1. The van der Waals surface area contributed by atoms with E-state index in [1.54, 1.807) is 0 Å². The maximum Gasteiger partial charge on any atom is 0.234 e. The molecule has 1 N–H and O–H groups in total. The molecule has 0 bridgehead atoms. The van der Waals surface area contributed by atoms with Gasteiger partial charge in [-0.3, -0.25) is 9.20 Å². The van der Waals surface area contributed by atoms with Crippen molar-refractivity contribution >= 4 is 50.9 Å². The predicted octanol–water partition coefficient (Wildman–Crippen LogP) is 4.77. The lowest BCUT2D eigenvalue weighted by Crippen LogP contribution is -2.14. The molecule has 0 aliphatic heterocycles. The second kappa shape index (κ2) is 6.98. The molecule has 2 heterocycles. The van der Waals surface area contributed by atoms with Gasteiger partial charge in [0.2, 0.25) is 5.91 Å². The number of carbonyl (C=O) groups is 1. The summed E-state index contributed by atoms with van der Waals surface area (Å²) in [5.41, 5.74) is 4.42. The molecule has 5 rings (SSSR count). The Kier molecular flexibility index (Phi) is 4.18. The van der Waals surface area contributed by atoms with E-state index in [0.717, 1.165) is 38.4 Å². The van der Waals surface area contributed by atoms with Gasteiger partial charge in [0.05, 0.1) is 22.3 Å². The van der Waals surface area contributed by atoms with Crippen molar-refractivity contribution in [1.82, 2.24) is 14.4 Å². The first kappa shape index (κ1) is 16.8. The Bertz CT molecular complexity index is 1310. The maximum absolute atomic E-state index is 12.4. The van der Waals surface area contributed by atoms with Crippen LogP contribution < -0.4 is 5.32 Å². The van der Waals surface area contributed by atoms with E-state index in [4.69, 9.17) is 9.97 Å². The van der Waals surface area contributed by atoms with Gasteiger partial charge in [0, 0.05) is 11.1 Å². The predicted molar refractivity (Wildman–Crippen MR) is 114 cm³/mol. The fraction of sp³-hybridized carbons (Fsp3) is 0.0455. The molecule has 5 nitrogen and oxygen atoms in total.